The summed E-state index contributed by atoms with van der Waals surface area (Å²) in [5.74, 6) is 0. The first-order valence-electron chi connectivity index (χ1n) is 9.44. The van der Waals surface area contributed by atoms with E-state index >= 15 is 0 Å². The average molecular weight is 355 g/mol. The van der Waals surface area contributed by atoms with Crippen molar-refractivity contribution < 1.29 is 4.74 Å². The van der Waals surface area contributed by atoms with Crippen LogP contribution in [-0.2, 0) is 11.3 Å². The molecule has 27 heavy (non-hydrogen) atoms. The number of nitrogens with zero attached hydrogens (tertiary/aromatic N) is 1. The smallest absolute Gasteiger partial charge is 0.0642 e. The van der Waals surface area contributed by atoms with Crippen molar-refractivity contribution >= 4 is 10.9 Å². The number of hydrogen-bond donors (Lipinski definition) is 0. The minimum absolute atomic E-state index is 0.709. The Morgan fingerprint density at radius 3 is 2.04 bits per heavy atom. The Hall–Kier alpha value is -2.84. The zero-order valence-corrected chi connectivity index (χ0v) is 16.2. The van der Waals surface area contributed by atoms with Crippen LogP contribution >= 0.6 is 0 Å². The number of aromatic nitrogens is 1. The number of fused-ring (bicyclic) bond motifs is 1. The van der Waals surface area contributed by atoms with Crippen LogP contribution in [0.3, 0.4) is 0 Å². The maximum atomic E-state index is 5.37. The van der Waals surface area contributed by atoms with Crippen LogP contribution in [-0.4, -0.2) is 18.3 Å². The molecular formula is C25H25NO. The maximum Gasteiger partial charge on any atom is 0.0642 e. The Labute approximate surface area is 161 Å². The van der Waals surface area contributed by atoms with Crippen molar-refractivity contribution in [1.82, 2.24) is 4.57 Å². The van der Waals surface area contributed by atoms with Gasteiger partial charge in [0.1, 0.15) is 0 Å². The van der Waals surface area contributed by atoms with Gasteiger partial charge < -0.3 is 9.30 Å². The molecule has 0 aliphatic carbocycles. The topological polar surface area (TPSA) is 14.2 Å². The molecule has 1 aromatic heterocycles. The SMILES string of the molecule is COCCn1c(C)c(C)c2c(-c3ccccc3)cc(-c3ccccc3)cc21. The van der Waals surface area contributed by atoms with Gasteiger partial charge in [-0.15, -0.1) is 0 Å². The van der Waals surface area contributed by atoms with E-state index in [9.17, 15) is 0 Å². The fraction of sp³-hybridized carbons (Fsp3) is 0.200. The first-order chi connectivity index (χ1) is 13.2. The molecule has 0 bridgehead atoms. The molecule has 0 aliphatic rings. The summed E-state index contributed by atoms with van der Waals surface area (Å²) in [5, 5.41) is 1.34. The molecule has 4 aromatic rings. The molecule has 0 spiro atoms. The molecule has 0 atom stereocenters. The number of aryl methyl sites for hydroxylation is 1. The summed E-state index contributed by atoms with van der Waals surface area (Å²) in [4.78, 5) is 0. The van der Waals surface area contributed by atoms with E-state index in [0.717, 1.165) is 6.54 Å². The summed E-state index contributed by atoms with van der Waals surface area (Å²) in [6, 6.07) is 26.0. The summed E-state index contributed by atoms with van der Waals surface area (Å²) in [6.45, 7) is 6.01. The molecule has 0 unspecified atom stereocenters. The maximum absolute atomic E-state index is 5.37. The lowest BCUT2D eigenvalue weighted by atomic mass is 9.94. The van der Waals surface area contributed by atoms with Gasteiger partial charge in [0.25, 0.3) is 0 Å². The quantitative estimate of drug-likeness (QED) is 0.413. The van der Waals surface area contributed by atoms with Crippen molar-refractivity contribution in [2.24, 2.45) is 0 Å². The molecule has 3 aromatic carbocycles. The van der Waals surface area contributed by atoms with Crippen LogP contribution in [0.5, 0.6) is 0 Å². The van der Waals surface area contributed by atoms with Gasteiger partial charge in [-0.05, 0) is 53.8 Å². The predicted molar refractivity (Wildman–Crippen MR) is 114 cm³/mol. The lowest BCUT2D eigenvalue weighted by molar-refractivity contribution is 0.188. The fourth-order valence-corrected chi connectivity index (χ4v) is 3.91. The van der Waals surface area contributed by atoms with Gasteiger partial charge in [-0.3, -0.25) is 0 Å². The Bertz CT molecular complexity index is 1060. The van der Waals surface area contributed by atoms with Gasteiger partial charge in [-0.25, -0.2) is 0 Å². The Morgan fingerprint density at radius 1 is 0.778 bits per heavy atom. The van der Waals surface area contributed by atoms with Crippen LogP contribution in [0, 0.1) is 13.8 Å². The van der Waals surface area contributed by atoms with E-state index < -0.39 is 0 Å². The second-order valence-corrected chi connectivity index (χ2v) is 7.00. The number of methoxy groups -OCH3 is 1. The standard InChI is InChI=1S/C25H25NO/c1-18-19(2)26(14-15-27-3)24-17-22(20-10-6-4-7-11-20)16-23(25(18)24)21-12-8-5-9-13-21/h4-13,16-17H,14-15H2,1-3H3. The number of hydrogen-bond acceptors (Lipinski definition) is 1. The van der Waals surface area contributed by atoms with Crippen molar-refractivity contribution in [3.05, 3.63) is 84.1 Å². The van der Waals surface area contributed by atoms with Gasteiger partial charge >= 0.3 is 0 Å². The van der Waals surface area contributed by atoms with Crippen LogP contribution in [0.2, 0.25) is 0 Å². The van der Waals surface area contributed by atoms with E-state index in [1.807, 2.05) is 0 Å². The van der Waals surface area contributed by atoms with Crippen LogP contribution < -0.4 is 0 Å². The second-order valence-electron chi connectivity index (χ2n) is 7.00. The lowest BCUT2D eigenvalue weighted by Gasteiger charge is -2.12. The highest BCUT2D eigenvalue weighted by atomic mass is 16.5. The minimum atomic E-state index is 0.709. The van der Waals surface area contributed by atoms with Crippen LogP contribution in [0.15, 0.2) is 72.8 Å². The van der Waals surface area contributed by atoms with Crippen molar-refractivity contribution in [3.8, 4) is 22.3 Å². The zero-order valence-electron chi connectivity index (χ0n) is 16.2. The number of rotatable bonds is 5. The minimum Gasteiger partial charge on any atom is -0.383 e. The molecule has 0 saturated carbocycles. The number of ether oxygens (including phenoxy) is 1. The van der Waals surface area contributed by atoms with Gasteiger partial charge in [0.05, 0.1) is 6.61 Å². The monoisotopic (exact) mass is 355 g/mol. The van der Waals surface area contributed by atoms with Gasteiger partial charge in [0.2, 0.25) is 0 Å². The van der Waals surface area contributed by atoms with E-state index in [4.69, 9.17) is 4.74 Å². The highest BCUT2D eigenvalue weighted by molar-refractivity contribution is 6.01. The molecule has 0 fully saturated rings. The normalized spacial score (nSPS) is 11.2. The summed E-state index contributed by atoms with van der Waals surface area (Å²) < 4.78 is 7.76. The van der Waals surface area contributed by atoms with Crippen molar-refractivity contribution in [3.63, 3.8) is 0 Å². The third-order valence-electron chi connectivity index (χ3n) is 5.44. The first kappa shape index (κ1) is 17.6. The van der Waals surface area contributed by atoms with Crippen molar-refractivity contribution in [2.45, 2.75) is 20.4 Å². The zero-order chi connectivity index (χ0) is 18.8. The van der Waals surface area contributed by atoms with Crippen molar-refractivity contribution in [2.75, 3.05) is 13.7 Å². The van der Waals surface area contributed by atoms with E-state index in [1.165, 1.54) is 44.4 Å². The molecule has 0 N–H and O–H groups in total. The van der Waals surface area contributed by atoms with E-state index in [-0.39, 0.29) is 0 Å². The third-order valence-corrected chi connectivity index (χ3v) is 5.44. The first-order valence-corrected chi connectivity index (χ1v) is 9.44. The molecule has 1 heterocycles. The van der Waals surface area contributed by atoms with Gasteiger partial charge in [0.15, 0.2) is 0 Å². The Balaban J connectivity index is 2.05. The van der Waals surface area contributed by atoms with Crippen molar-refractivity contribution in [1.29, 1.82) is 0 Å². The van der Waals surface area contributed by atoms with Crippen LogP contribution in [0.4, 0.5) is 0 Å². The average Bonchev–Trinajstić information content (AvgIpc) is 2.97. The Kier molecular flexibility index (Phi) is 4.83. The van der Waals surface area contributed by atoms with E-state index in [1.54, 1.807) is 7.11 Å². The summed E-state index contributed by atoms with van der Waals surface area (Å²) in [6.07, 6.45) is 0. The highest BCUT2D eigenvalue weighted by Gasteiger charge is 2.17. The predicted octanol–water partition coefficient (Wildman–Crippen LogP) is 6.24. The lowest BCUT2D eigenvalue weighted by Crippen LogP contribution is -2.05. The van der Waals surface area contributed by atoms with Gasteiger partial charge in [-0.1, -0.05) is 60.7 Å². The van der Waals surface area contributed by atoms with E-state index in [2.05, 4.69) is 91.2 Å². The molecule has 0 radical (unpaired) electrons. The Morgan fingerprint density at radius 2 is 1.41 bits per heavy atom. The molecule has 4 rings (SSSR count). The summed E-state index contributed by atoms with van der Waals surface area (Å²) in [7, 11) is 1.76. The molecule has 0 saturated heterocycles. The second kappa shape index (κ2) is 7.42. The third kappa shape index (κ3) is 3.17. The summed E-state index contributed by atoms with van der Waals surface area (Å²) in [5.41, 5.74) is 8.98. The molecule has 136 valence electrons. The molecule has 0 amide bonds. The van der Waals surface area contributed by atoms with Gasteiger partial charge in [-0.2, -0.15) is 0 Å². The highest BCUT2D eigenvalue weighted by Crippen LogP contribution is 2.38. The molecular weight excluding hydrogens is 330 g/mol. The number of benzene rings is 3. The largest absolute Gasteiger partial charge is 0.383 e. The van der Waals surface area contributed by atoms with Crippen LogP contribution in [0.1, 0.15) is 11.3 Å². The fourth-order valence-electron chi connectivity index (χ4n) is 3.91. The van der Waals surface area contributed by atoms with Crippen LogP contribution in [0.25, 0.3) is 33.2 Å². The molecule has 2 nitrogen and oxygen atoms in total. The molecule has 0 aliphatic heterocycles. The van der Waals surface area contributed by atoms with E-state index in [0.29, 0.717) is 6.61 Å². The van der Waals surface area contributed by atoms with Gasteiger partial charge in [0, 0.05) is 30.3 Å². The summed E-state index contributed by atoms with van der Waals surface area (Å²) >= 11 is 0. The molecule has 2 heteroatoms.